The molecule has 0 aliphatic rings. The molecule has 1 aromatic carbocycles. The van der Waals surface area contributed by atoms with E-state index in [1.165, 1.54) is 25.1 Å². The van der Waals surface area contributed by atoms with Gasteiger partial charge >= 0.3 is 0 Å². The summed E-state index contributed by atoms with van der Waals surface area (Å²) in [5.41, 5.74) is -0.180. The van der Waals surface area contributed by atoms with Gasteiger partial charge in [0.15, 0.2) is 0 Å². The normalized spacial score (nSPS) is 12.7. The molecule has 7 nitrogen and oxygen atoms in total. The molecule has 19 heavy (non-hydrogen) atoms. The van der Waals surface area contributed by atoms with Crippen molar-refractivity contribution in [2.24, 2.45) is 5.92 Å². The smallest absolute Gasteiger partial charge is 0.258 e. The van der Waals surface area contributed by atoms with Gasteiger partial charge in [0.1, 0.15) is 0 Å². The van der Waals surface area contributed by atoms with E-state index >= 15 is 0 Å². The van der Waals surface area contributed by atoms with Crippen LogP contribution < -0.4 is 4.72 Å². The van der Waals surface area contributed by atoms with E-state index in [4.69, 9.17) is 5.26 Å². The van der Waals surface area contributed by atoms with Gasteiger partial charge in [-0.25, -0.2) is 13.1 Å². The Morgan fingerprint density at radius 1 is 1.53 bits per heavy atom. The van der Waals surface area contributed by atoms with Crippen molar-refractivity contribution in [3.63, 3.8) is 0 Å². The van der Waals surface area contributed by atoms with E-state index in [1.54, 1.807) is 6.92 Å². The van der Waals surface area contributed by atoms with Crippen LogP contribution in [-0.4, -0.2) is 19.9 Å². The highest BCUT2D eigenvalue weighted by atomic mass is 32.2. The van der Waals surface area contributed by atoms with Crippen molar-refractivity contribution in [1.29, 1.82) is 5.26 Å². The number of nitro groups is 1. The Morgan fingerprint density at radius 3 is 2.68 bits per heavy atom. The molecule has 0 radical (unpaired) electrons. The van der Waals surface area contributed by atoms with E-state index in [-0.39, 0.29) is 22.7 Å². The Balaban J connectivity index is 3.13. The lowest BCUT2D eigenvalue weighted by molar-refractivity contribution is -0.385. The second-order valence-corrected chi connectivity index (χ2v) is 5.77. The fourth-order valence-corrected chi connectivity index (χ4v) is 2.84. The molecule has 0 fully saturated rings. The van der Waals surface area contributed by atoms with Crippen LogP contribution in [0.15, 0.2) is 23.1 Å². The van der Waals surface area contributed by atoms with E-state index in [0.717, 1.165) is 0 Å². The zero-order valence-electron chi connectivity index (χ0n) is 10.5. The van der Waals surface area contributed by atoms with Crippen molar-refractivity contribution in [3.05, 3.63) is 33.9 Å². The summed E-state index contributed by atoms with van der Waals surface area (Å²) >= 11 is 0. The summed E-state index contributed by atoms with van der Waals surface area (Å²) in [6.07, 6.45) is 0. The Labute approximate surface area is 111 Å². The summed E-state index contributed by atoms with van der Waals surface area (Å²) in [5, 5.41) is 19.4. The summed E-state index contributed by atoms with van der Waals surface area (Å²) < 4.78 is 26.3. The third-order valence-corrected chi connectivity index (χ3v) is 4.11. The maximum atomic E-state index is 12.0. The zero-order valence-corrected chi connectivity index (χ0v) is 11.3. The molecule has 102 valence electrons. The van der Waals surface area contributed by atoms with Crippen LogP contribution in [0.4, 0.5) is 5.69 Å². The predicted octanol–water partition coefficient (Wildman–Crippen LogP) is 1.34. The maximum absolute atomic E-state index is 12.0. The lowest BCUT2D eigenvalue weighted by Crippen LogP contribution is -2.28. The van der Waals surface area contributed by atoms with Crippen molar-refractivity contribution in [2.75, 3.05) is 6.54 Å². The monoisotopic (exact) mass is 283 g/mol. The first kappa shape index (κ1) is 15.1. The minimum Gasteiger partial charge on any atom is -0.258 e. The number of rotatable bonds is 5. The second kappa shape index (κ2) is 5.77. The van der Waals surface area contributed by atoms with Gasteiger partial charge in [0.25, 0.3) is 5.69 Å². The van der Waals surface area contributed by atoms with Gasteiger partial charge < -0.3 is 0 Å². The van der Waals surface area contributed by atoms with E-state index in [2.05, 4.69) is 4.72 Å². The number of hydrogen-bond acceptors (Lipinski definition) is 5. The van der Waals surface area contributed by atoms with Crippen LogP contribution in [-0.2, 0) is 10.0 Å². The van der Waals surface area contributed by atoms with Crippen LogP contribution in [0, 0.1) is 34.3 Å². The van der Waals surface area contributed by atoms with Gasteiger partial charge in [0.05, 0.1) is 21.8 Å². The summed E-state index contributed by atoms with van der Waals surface area (Å²) in [6.45, 7) is 2.91. The number of nitrogens with one attached hydrogen (secondary N) is 1. The largest absolute Gasteiger partial charge is 0.273 e. The lowest BCUT2D eigenvalue weighted by atomic mass is 10.2. The third-order valence-electron chi connectivity index (χ3n) is 2.54. The molecule has 0 aliphatic carbocycles. The first-order valence-electron chi connectivity index (χ1n) is 5.43. The molecular formula is C11H13N3O4S. The van der Waals surface area contributed by atoms with E-state index < -0.39 is 20.9 Å². The molecule has 1 unspecified atom stereocenters. The first-order chi connectivity index (χ1) is 8.79. The number of nitrogens with zero attached hydrogens (tertiary/aromatic N) is 2. The zero-order chi connectivity index (χ0) is 14.6. The molecule has 0 bridgehead atoms. The van der Waals surface area contributed by atoms with Crippen molar-refractivity contribution in [2.45, 2.75) is 18.7 Å². The summed E-state index contributed by atoms with van der Waals surface area (Å²) in [5.74, 6) is -0.478. The second-order valence-electron chi connectivity index (χ2n) is 4.04. The van der Waals surface area contributed by atoms with Crippen LogP contribution in [0.25, 0.3) is 0 Å². The van der Waals surface area contributed by atoms with Crippen LogP contribution in [0.1, 0.15) is 12.5 Å². The molecule has 1 rings (SSSR count). The van der Waals surface area contributed by atoms with Crippen molar-refractivity contribution < 1.29 is 13.3 Å². The number of sulfonamides is 1. The standard InChI is InChI=1S/C11H13N3O4S/c1-8(6-12)7-13-19(17,18)11-5-3-4-10(9(11)2)14(15)16/h3-5,8,13H,7H2,1-2H3. The Bertz CT molecular complexity index is 634. The molecule has 0 saturated carbocycles. The predicted molar refractivity (Wildman–Crippen MR) is 67.8 cm³/mol. The maximum Gasteiger partial charge on any atom is 0.273 e. The fourth-order valence-electron chi connectivity index (χ4n) is 1.45. The molecule has 8 heteroatoms. The van der Waals surface area contributed by atoms with Gasteiger partial charge in [-0.15, -0.1) is 0 Å². The fraction of sp³-hybridized carbons (Fsp3) is 0.364. The lowest BCUT2D eigenvalue weighted by Gasteiger charge is -2.10. The minimum absolute atomic E-state index is 0.0407. The SMILES string of the molecule is Cc1c([N+](=O)[O-])cccc1S(=O)(=O)NCC(C)C#N. The minimum atomic E-state index is -3.86. The van der Waals surface area contributed by atoms with Crippen LogP contribution in [0.3, 0.4) is 0 Å². The molecule has 0 spiro atoms. The molecule has 1 N–H and O–H groups in total. The highest BCUT2D eigenvalue weighted by Crippen LogP contribution is 2.24. The topological polar surface area (TPSA) is 113 Å². The van der Waals surface area contributed by atoms with E-state index in [1.807, 2.05) is 6.07 Å². The van der Waals surface area contributed by atoms with Gasteiger partial charge in [0, 0.05) is 18.2 Å². The van der Waals surface area contributed by atoms with Crippen molar-refractivity contribution in [1.82, 2.24) is 4.72 Å². The van der Waals surface area contributed by atoms with Gasteiger partial charge in [-0.3, -0.25) is 10.1 Å². The average Bonchev–Trinajstić information content (AvgIpc) is 2.35. The molecule has 0 aliphatic heterocycles. The molecule has 0 aromatic heterocycles. The molecule has 0 heterocycles. The number of benzene rings is 1. The van der Waals surface area contributed by atoms with E-state index in [9.17, 15) is 18.5 Å². The van der Waals surface area contributed by atoms with Gasteiger partial charge in [-0.05, 0) is 19.9 Å². The van der Waals surface area contributed by atoms with Crippen LogP contribution in [0.2, 0.25) is 0 Å². The molecule has 0 saturated heterocycles. The number of hydrogen-bond donors (Lipinski definition) is 1. The van der Waals surface area contributed by atoms with Crippen LogP contribution in [0.5, 0.6) is 0 Å². The average molecular weight is 283 g/mol. The highest BCUT2D eigenvalue weighted by Gasteiger charge is 2.22. The Hall–Kier alpha value is -1.98. The first-order valence-corrected chi connectivity index (χ1v) is 6.91. The molecular weight excluding hydrogens is 270 g/mol. The van der Waals surface area contributed by atoms with Crippen LogP contribution >= 0.6 is 0 Å². The van der Waals surface area contributed by atoms with E-state index in [0.29, 0.717) is 0 Å². The van der Waals surface area contributed by atoms with Gasteiger partial charge in [-0.1, -0.05) is 6.07 Å². The van der Waals surface area contributed by atoms with Gasteiger partial charge in [-0.2, -0.15) is 5.26 Å². The number of nitriles is 1. The van der Waals surface area contributed by atoms with Gasteiger partial charge in [0.2, 0.25) is 10.0 Å². The Kier molecular flexibility index (Phi) is 4.58. The summed E-state index contributed by atoms with van der Waals surface area (Å²) in [7, 11) is -3.86. The summed E-state index contributed by atoms with van der Waals surface area (Å²) in [6, 6.07) is 5.75. The highest BCUT2D eigenvalue weighted by molar-refractivity contribution is 7.89. The third kappa shape index (κ3) is 3.49. The molecule has 1 atom stereocenters. The Morgan fingerprint density at radius 2 is 2.16 bits per heavy atom. The summed E-state index contributed by atoms with van der Waals surface area (Å²) in [4.78, 5) is 9.98. The molecule has 1 aromatic rings. The molecule has 0 amide bonds. The quantitative estimate of drug-likeness (QED) is 0.647. The number of nitro benzene ring substituents is 1. The van der Waals surface area contributed by atoms with Crippen molar-refractivity contribution in [3.8, 4) is 6.07 Å². The van der Waals surface area contributed by atoms with Crippen molar-refractivity contribution >= 4 is 15.7 Å².